The van der Waals surface area contributed by atoms with Crippen molar-refractivity contribution in [1.82, 2.24) is 0 Å². The molecule has 116 valence electrons. The monoisotopic (exact) mass is 286 g/mol. The van der Waals surface area contributed by atoms with Gasteiger partial charge < -0.3 is 10.2 Å². The molecule has 2 fully saturated rings. The lowest BCUT2D eigenvalue weighted by Crippen LogP contribution is -2.36. The van der Waals surface area contributed by atoms with E-state index < -0.39 is 0 Å². The first-order chi connectivity index (χ1) is 10.0. The molecule has 2 heteroatoms. The van der Waals surface area contributed by atoms with E-state index in [1.165, 1.54) is 56.6 Å². The molecule has 2 unspecified atom stereocenters. The number of nitrogens with zero attached hydrogens (tertiary/aromatic N) is 1. The maximum atomic E-state index is 3.87. The summed E-state index contributed by atoms with van der Waals surface area (Å²) in [5, 5.41) is 3.87. The molecule has 1 saturated heterocycles. The summed E-state index contributed by atoms with van der Waals surface area (Å²) in [5.41, 5.74) is 3.22. The highest BCUT2D eigenvalue weighted by molar-refractivity contribution is 5.70. The van der Waals surface area contributed by atoms with Gasteiger partial charge in [0.05, 0.1) is 11.4 Å². The summed E-state index contributed by atoms with van der Waals surface area (Å²) < 4.78 is 0. The fourth-order valence-corrected chi connectivity index (χ4v) is 4.51. The molecule has 1 aromatic rings. The SMILES string of the molecule is CC1CC(Nc2ccccc2N2CCCC2)CC(C)(C)C1. The summed E-state index contributed by atoms with van der Waals surface area (Å²) in [4.78, 5) is 2.54. The van der Waals surface area contributed by atoms with Crippen molar-refractivity contribution in [3.63, 3.8) is 0 Å². The molecule has 21 heavy (non-hydrogen) atoms. The molecule has 2 atom stereocenters. The van der Waals surface area contributed by atoms with Crippen molar-refractivity contribution >= 4 is 11.4 Å². The van der Waals surface area contributed by atoms with Crippen molar-refractivity contribution in [2.24, 2.45) is 11.3 Å². The van der Waals surface area contributed by atoms with Gasteiger partial charge in [-0.05, 0) is 55.6 Å². The Labute approximate surface area is 129 Å². The summed E-state index contributed by atoms with van der Waals surface area (Å²) in [6, 6.07) is 9.50. The summed E-state index contributed by atoms with van der Waals surface area (Å²) >= 11 is 0. The maximum absolute atomic E-state index is 3.87. The first kappa shape index (κ1) is 14.7. The Kier molecular flexibility index (Phi) is 4.14. The van der Waals surface area contributed by atoms with E-state index in [-0.39, 0.29) is 0 Å². The van der Waals surface area contributed by atoms with Crippen molar-refractivity contribution < 1.29 is 0 Å². The quantitative estimate of drug-likeness (QED) is 0.849. The van der Waals surface area contributed by atoms with Gasteiger partial charge in [0, 0.05) is 19.1 Å². The van der Waals surface area contributed by atoms with Crippen LogP contribution >= 0.6 is 0 Å². The molecule has 1 aliphatic carbocycles. The van der Waals surface area contributed by atoms with E-state index >= 15 is 0 Å². The molecule has 1 heterocycles. The number of benzene rings is 1. The van der Waals surface area contributed by atoms with Gasteiger partial charge in [0.15, 0.2) is 0 Å². The molecular weight excluding hydrogens is 256 g/mol. The Morgan fingerprint density at radius 3 is 2.52 bits per heavy atom. The Balaban J connectivity index is 1.75. The number of rotatable bonds is 3. The van der Waals surface area contributed by atoms with Crippen LogP contribution in [-0.4, -0.2) is 19.1 Å². The third-order valence-electron chi connectivity index (χ3n) is 5.10. The van der Waals surface area contributed by atoms with Crippen LogP contribution in [0.25, 0.3) is 0 Å². The Hall–Kier alpha value is -1.18. The smallest absolute Gasteiger partial charge is 0.0602 e. The van der Waals surface area contributed by atoms with Crippen LogP contribution in [-0.2, 0) is 0 Å². The average Bonchev–Trinajstić information content (AvgIpc) is 2.90. The van der Waals surface area contributed by atoms with E-state index in [1.54, 1.807) is 0 Å². The number of hydrogen-bond donors (Lipinski definition) is 1. The summed E-state index contributed by atoms with van der Waals surface area (Å²) in [7, 11) is 0. The number of nitrogens with one attached hydrogen (secondary N) is 1. The van der Waals surface area contributed by atoms with Gasteiger partial charge in [-0.3, -0.25) is 0 Å². The Bertz CT molecular complexity index is 474. The first-order valence-corrected chi connectivity index (χ1v) is 8.64. The van der Waals surface area contributed by atoms with E-state index in [1.807, 2.05) is 0 Å². The zero-order valence-corrected chi connectivity index (χ0v) is 13.9. The molecule has 0 aromatic heterocycles. The highest BCUT2D eigenvalue weighted by atomic mass is 15.2. The summed E-state index contributed by atoms with van der Waals surface area (Å²) in [6.45, 7) is 9.67. The fourth-order valence-electron chi connectivity index (χ4n) is 4.51. The lowest BCUT2D eigenvalue weighted by atomic mass is 9.70. The van der Waals surface area contributed by atoms with Crippen LogP contribution in [0.1, 0.15) is 52.9 Å². The highest BCUT2D eigenvalue weighted by Crippen LogP contribution is 2.40. The largest absolute Gasteiger partial charge is 0.381 e. The van der Waals surface area contributed by atoms with E-state index in [9.17, 15) is 0 Å². The minimum atomic E-state index is 0.470. The lowest BCUT2D eigenvalue weighted by molar-refractivity contribution is 0.178. The first-order valence-electron chi connectivity index (χ1n) is 8.64. The number of para-hydroxylation sites is 2. The van der Waals surface area contributed by atoms with E-state index in [2.05, 4.69) is 55.3 Å². The van der Waals surface area contributed by atoms with E-state index in [4.69, 9.17) is 0 Å². The molecule has 1 saturated carbocycles. The van der Waals surface area contributed by atoms with Gasteiger partial charge >= 0.3 is 0 Å². The van der Waals surface area contributed by atoms with E-state index in [0.717, 1.165) is 5.92 Å². The number of hydrogen-bond acceptors (Lipinski definition) is 2. The molecule has 0 spiro atoms. The van der Waals surface area contributed by atoms with Crippen molar-refractivity contribution in [2.75, 3.05) is 23.3 Å². The normalized spacial score (nSPS) is 28.6. The lowest BCUT2D eigenvalue weighted by Gasteiger charge is -2.40. The molecule has 1 N–H and O–H groups in total. The number of anilines is 2. The highest BCUT2D eigenvalue weighted by Gasteiger charge is 2.32. The van der Waals surface area contributed by atoms with Crippen molar-refractivity contribution in [3.8, 4) is 0 Å². The predicted octanol–water partition coefficient (Wildman–Crippen LogP) is 4.91. The molecule has 2 nitrogen and oxygen atoms in total. The third-order valence-corrected chi connectivity index (χ3v) is 5.10. The van der Waals surface area contributed by atoms with Gasteiger partial charge in [0.25, 0.3) is 0 Å². The fraction of sp³-hybridized carbons (Fsp3) is 0.684. The molecule has 1 aromatic carbocycles. The second kappa shape index (κ2) is 5.90. The third kappa shape index (κ3) is 3.53. The zero-order valence-electron chi connectivity index (χ0n) is 13.9. The van der Waals surface area contributed by atoms with Crippen LogP contribution in [0.4, 0.5) is 11.4 Å². The van der Waals surface area contributed by atoms with Gasteiger partial charge in [0.2, 0.25) is 0 Å². The Morgan fingerprint density at radius 1 is 1.10 bits per heavy atom. The minimum absolute atomic E-state index is 0.470. The van der Waals surface area contributed by atoms with Gasteiger partial charge in [-0.1, -0.05) is 32.9 Å². The van der Waals surface area contributed by atoms with Crippen LogP contribution in [0.15, 0.2) is 24.3 Å². The second-order valence-electron chi connectivity index (χ2n) is 7.97. The topological polar surface area (TPSA) is 15.3 Å². The zero-order chi connectivity index (χ0) is 14.9. The predicted molar refractivity (Wildman–Crippen MR) is 92.1 cm³/mol. The van der Waals surface area contributed by atoms with Crippen LogP contribution in [0.5, 0.6) is 0 Å². The molecule has 2 aliphatic rings. The van der Waals surface area contributed by atoms with E-state index in [0.29, 0.717) is 11.5 Å². The van der Waals surface area contributed by atoms with Gasteiger partial charge in [-0.25, -0.2) is 0 Å². The maximum Gasteiger partial charge on any atom is 0.0602 e. The molecule has 0 radical (unpaired) electrons. The molecule has 0 bridgehead atoms. The van der Waals surface area contributed by atoms with Crippen LogP contribution < -0.4 is 10.2 Å². The average molecular weight is 286 g/mol. The minimum Gasteiger partial charge on any atom is -0.381 e. The second-order valence-corrected chi connectivity index (χ2v) is 7.97. The van der Waals surface area contributed by atoms with Crippen molar-refractivity contribution in [3.05, 3.63) is 24.3 Å². The van der Waals surface area contributed by atoms with Crippen molar-refractivity contribution in [2.45, 2.75) is 58.9 Å². The summed E-state index contributed by atoms with van der Waals surface area (Å²) in [6.07, 6.45) is 6.62. The molecule has 1 aliphatic heterocycles. The van der Waals surface area contributed by atoms with Gasteiger partial charge in [-0.15, -0.1) is 0 Å². The molecular formula is C19H30N2. The van der Waals surface area contributed by atoms with Gasteiger partial charge in [-0.2, -0.15) is 0 Å². The van der Waals surface area contributed by atoms with Crippen LogP contribution in [0.2, 0.25) is 0 Å². The molecule has 3 rings (SSSR count). The van der Waals surface area contributed by atoms with Crippen molar-refractivity contribution in [1.29, 1.82) is 0 Å². The summed E-state index contributed by atoms with van der Waals surface area (Å²) in [5.74, 6) is 0.824. The van der Waals surface area contributed by atoms with Crippen LogP contribution in [0.3, 0.4) is 0 Å². The Morgan fingerprint density at radius 2 is 1.81 bits per heavy atom. The van der Waals surface area contributed by atoms with Crippen LogP contribution in [0, 0.1) is 11.3 Å². The standard InChI is InChI=1S/C19H30N2/c1-15-12-16(14-19(2,3)13-15)20-17-8-4-5-9-18(17)21-10-6-7-11-21/h4-5,8-9,15-16,20H,6-7,10-14H2,1-3H3. The molecule has 0 amide bonds. The van der Waals surface area contributed by atoms with Gasteiger partial charge in [0.1, 0.15) is 0 Å².